The number of carbonyl (C=O) groups is 2. The van der Waals surface area contributed by atoms with Gasteiger partial charge in [0, 0.05) is 6.08 Å². The summed E-state index contributed by atoms with van der Waals surface area (Å²) in [7, 11) is 1.11. The van der Waals surface area contributed by atoms with Crippen molar-refractivity contribution >= 4 is 11.9 Å². The topological polar surface area (TPSA) is 92.5 Å². The summed E-state index contributed by atoms with van der Waals surface area (Å²) >= 11 is 0. The van der Waals surface area contributed by atoms with Gasteiger partial charge in [-0.1, -0.05) is 0 Å². The summed E-state index contributed by atoms with van der Waals surface area (Å²) < 4.78 is 4.08. The molecule has 0 radical (unpaired) electrons. The molecule has 6 heteroatoms. The van der Waals surface area contributed by atoms with Crippen molar-refractivity contribution in [2.45, 2.75) is 0 Å². The van der Waals surface area contributed by atoms with Gasteiger partial charge in [-0.05, 0) is 0 Å². The quantitative estimate of drug-likeness (QED) is 0.262. The van der Waals surface area contributed by atoms with Gasteiger partial charge in [0.1, 0.15) is 0 Å². The monoisotopic (exact) mass is 183 g/mol. The van der Waals surface area contributed by atoms with E-state index in [1.807, 2.05) is 0 Å². The number of carbonyl (C=O) groups excluding carboxylic acids is 2. The standard InChI is InChI=1S/C5H7NO4.K/c1-10-4(7)2-3(6)5(8)9;/h2H,6H2,1H3,(H,8,9);/q;+1/p-1/b3-2-;. The maximum absolute atomic E-state index is 10.3. The summed E-state index contributed by atoms with van der Waals surface area (Å²) in [6, 6.07) is 0. The molecule has 0 fully saturated rings. The SMILES string of the molecule is COC(=O)/C=C(\N)C(=O)[O-].[K+]. The van der Waals surface area contributed by atoms with Crippen molar-refractivity contribution in [3.8, 4) is 0 Å². The number of ether oxygens (including phenoxy) is 1. The van der Waals surface area contributed by atoms with Crippen molar-refractivity contribution in [1.82, 2.24) is 0 Å². The fourth-order valence-corrected chi connectivity index (χ4v) is 0.245. The van der Waals surface area contributed by atoms with E-state index in [0.717, 1.165) is 7.11 Å². The molecule has 0 aromatic heterocycles. The van der Waals surface area contributed by atoms with E-state index in [1.165, 1.54) is 0 Å². The maximum atomic E-state index is 10.3. The zero-order chi connectivity index (χ0) is 8.15. The van der Waals surface area contributed by atoms with Crippen molar-refractivity contribution in [2.75, 3.05) is 7.11 Å². The minimum Gasteiger partial charge on any atom is -0.543 e. The molecule has 0 aliphatic carbocycles. The van der Waals surface area contributed by atoms with Crippen LogP contribution in [0.15, 0.2) is 11.8 Å². The summed E-state index contributed by atoms with van der Waals surface area (Å²) in [5.74, 6) is -2.41. The first-order valence-electron chi connectivity index (χ1n) is 2.34. The van der Waals surface area contributed by atoms with E-state index in [4.69, 9.17) is 5.73 Å². The van der Waals surface area contributed by atoms with Crippen LogP contribution in [0.5, 0.6) is 0 Å². The number of methoxy groups -OCH3 is 1. The van der Waals surface area contributed by atoms with Crippen molar-refractivity contribution in [1.29, 1.82) is 0 Å². The summed E-state index contributed by atoms with van der Waals surface area (Å²) in [4.78, 5) is 20.1. The minimum absolute atomic E-state index is 0. The first-order chi connectivity index (χ1) is 4.57. The van der Waals surface area contributed by atoms with Gasteiger partial charge in [0.25, 0.3) is 0 Å². The fraction of sp³-hybridized carbons (Fsp3) is 0.200. The molecule has 0 rings (SSSR count). The molecular weight excluding hydrogens is 177 g/mol. The van der Waals surface area contributed by atoms with Gasteiger partial charge < -0.3 is 20.4 Å². The molecule has 0 spiro atoms. The predicted molar refractivity (Wildman–Crippen MR) is 29.3 cm³/mol. The Morgan fingerprint density at radius 2 is 2.00 bits per heavy atom. The zero-order valence-electron chi connectivity index (χ0n) is 6.29. The number of carboxylic acids is 1. The van der Waals surface area contributed by atoms with Gasteiger partial charge in [0.15, 0.2) is 0 Å². The van der Waals surface area contributed by atoms with Gasteiger partial charge in [0.05, 0.1) is 18.8 Å². The van der Waals surface area contributed by atoms with Crippen LogP contribution in [0, 0.1) is 0 Å². The van der Waals surface area contributed by atoms with E-state index in [0.29, 0.717) is 6.08 Å². The van der Waals surface area contributed by atoms with Crippen LogP contribution >= 0.6 is 0 Å². The normalized spacial score (nSPS) is 9.73. The van der Waals surface area contributed by atoms with Crippen LogP contribution in [-0.2, 0) is 14.3 Å². The molecule has 11 heavy (non-hydrogen) atoms. The molecular formula is C5H6KNO4. The number of aliphatic carboxylic acids is 1. The minimum atomic E-state index is -1.59. The molecule has 0 bridgehead atoms. The number of hydrogen-bond acceptors (Lipinski definition) is 5. The molecule has 0 aliphatic heterocycles. The fourth-order valence-electron chi connectivity index (χ4n) is 0.245. The van der Waals surface area contributed by atoms with E-state index in [1.54, 1.807) is 0 Å². The predicted octanol–water partition coefficient (Wildman–Crippen LogP) is -5.24. The first kappa shape index (κ1) is 13.7. The van der Waals surface area contributed by atoms with E-state index >= 15 is 0 Å². The van der Waals surface area contributed by atoms with Crippen molar-refractivity contribution in [2.24, 2.45) is 5.73 Å². The van der Waals surface area contributed by atoms with E-state index < -0.39 is 17.6 Å². The Morgan fingerprint density at radius 1 is 1.55 bits per heavy atom. The van der Waals surface area contributed by atoms with Crippen molar-refractivity contribution in [3.63, 3.8) is 0 Å². The van der Waals surface area contributed by atoms with Crippen LogP contribution in [-0.4, -0.2) is 19.0 Å². The van der Waals surface area contributed by atoms with E-state index in [9.17, 15) is 14.7 Å². The number of carboxylic acid groups (broad SMARTS) is 1. The van der Waals surface area contributed by atoms with Crippen LogP contribution in [0.1, 0.15) is 0 Å². The number of hydrogen-bond donors (Lipinski definition) is 1. The zero-order valence-corrected chi connectivity index (χ0v) is 9.41. The van der Waals surface area contributed by atoms with Gasteiger partial charge in [-0.25, -0.2) is 4.79 Å². The third-order valence-electron chi connectivity index (χ3n) is 0.710. The third-order valence-corrected chi connectivity index (χ3v) is 0.710. The van der Waals surface area contributed by atoms with E-state index in [-0.39, 0.29) is 51.4 Å². The molecule has 0 amide bonds. The Kier molecular flexibility index (Phi) is 8.47. The molecule has 0 aliphatic rings. The van der Waals surface area contributed by atoms with Gasteiger partial charge >= 0.3 is 57.4 Å². The molecule has 0 saturated heterocycles. The molecule has 0 unspecified atom stereocenters. The Labute approximate surface area is 106 Å². The Balaban J connectivity index is 0. The third kappa shape index (κ3) is 6.51. The molecule has 0 heterocycles. The Bertz CT molecular complexity index is 189. The summed E-state index contributed by atoms with van der Waals surface area (Å²) in [6.45, 7) is 0. The smallest absolute Gasteiger partial charge is 0.543 e. The van der Waals surface area contributed by atoms with Gasteiger partial charge in [0.2, 0.25) is 0 Å². The average molecular weight is 183 g/mol. The largest absolute Gasteiger partial charge is 1.00 e. The molecule has 56 valence electrons. The molecule has 2 N–H and O–H groups in total. The molecule has 5 nitrogen and oxygen atoms in total. The van der Waals surface area contributed by atoms with Crippen LogP contribution in [0.3, 0.4) is 0 Å². The summed E-state index contributed by atoms with van der Waals surface area (Å²) in [6.07, 6.45) is 0.634. The Hall–Kier alpha value is 0.116. The summed E-state index contributed by atoms with van der Waals surface area (Å²) in [5, 5.41) is 9.84. The van der Waals surface area contributed by atoms with Crippen LogP contribution in [0.25, 0.3) is 0 Å². The average Bonchev–Trinajstić information content (AvgIpc) is 1.87. The van der Waals surface area contributed by atoms with Crippen molar-refractivity contribution in [3.05, 3.63) is 11.8 Å². The second-order valence-electron chi connectivity index (χ2n) is 1.41. The number of nitrogens with two attached hydrogens (primary N) is 1. The van der Waals surface area contributed by atoms with Gasteiger partial charge in [-0.2, -0.15) is 0 Å². The molecule has 0 saturated carbocycles. The molecule has 0 aromatic carbocycles. The molecule has 0 aromatic rings. The van der Waals surface area contributed by atoms with E-state index in [2.05, 4.69) is 4.74 Å². The van der Waals surface area contributed by atoms with Crippen LogP contribution in [0.2, 0.25) is 0 Å². The van der Waals surface area contributed by atoms with Crippen LogP contribution in [0.4, 0.5) is 0 Å². The second kappa shape index (κ2) is 6.80. The van der Waals surface area contributed by atoms with Crippen molar-refractivity contribution < 1.29 is 70.8 Å². The first-order valence-corrected chi connectivity index (χ1v) is 2.34. The maximum Gasteiger partial charge on any atom is 1.00 e. The number of esters is 1. The van der Waals surface area contributed by atoms with Gasteiger partial charge in [-0.3, -0.25) is 0 Å². The summed E-state index contributed by atoms with van der Waals surface area (Å²) in [5.41, 5.74) is 4.14. The molecule has 0 atom stereocenters. The second-order valence-corrected chi connectivity index (χ2v) is 1.41. The van der Waals surface area contributed by atoms with Crippen LogP contribution < -0.4 is 62.2 Å². The number of rotatable bonds is 2. The van der Waals surface area contributed by atoms with Gasteiger partial charge in [-0.15, -0.1) is 0 Å². The Morgan fingerprint density at radius 3 is 2.27 bits per heavy atom.